The first kappa shape index (κ1) is 22.0. The van der Waals surface area contributed by atoms with Crippen molar-refractivity contribution < 1.29 is 26.7 Å². The maximum absolute atomic E-state index is 14.4. The van der Waals surface area contributed by atoms with Crippen molar-refractivity contribution in [3.8, 4) is 16.9 Å². The number of pyridine rings is 1. The molecule has 0 radical (unpaired) electrons. The first-order valence-corrected chi connectivity index (χ1v) is 9.64. The highest BCUT2D eigenvalue weighted by molar-refractivity contribution is 5.95. The Hall–Kier alpha value is -2.70. The molecule has 160 valence electrons. The second-order valence-corrected chi connectivity index (χ2v) is 7.89. The van der Waals surface area contributed by atoms with Crippen molar-refractivity contribution >= 4 is 10.9 Å². The van der Waals surface area contributed by atoms with Gasteiger partial charge in [0.1, 0.15) is 17.4 Å². The van der Waals surface area contributed by atoms with Gasteiger partial charge in [-0.2, -0.15) is 13.2 Å². The van der Waals surface area contributed by atoms with Crippen LogP contribution in [0.25, 0.3) is 22.0 Å². The van der Waals surface area contributed by atoms with E-state index in [9.17, 15) is 22.0 Å². The summed E-state index contributed by atoms with van der Waals surface area (Å²) in [5, 5.41) is -0.0359. The Kier molecular flexibility index (Phi) is 6.29. The summed E-state index contributed by atoms with van der Waals surface area (Å²) < 4.78 is 74.5. The summed E-state index contributed by atoms with van der Waals surface area (Å²) in [6, 6.07) is 6.75. The molecule has 0 saturated carbocycles. The molecular formula is C23H22F5NO. The van der Waals surface area contributed by atoms with Crippen molar-refractivity contribution in [2.24, 2.45) is 11.8 Å². The minimum absolute atomic E-state index is 0.0291. The maximum Gasteiger partial charge on any atom is 0.419 e. The SMILES string of the molecule is CC(C)C[C@H](C)COc1ccc(-c2ccnc3cc(F)cc(F)c23)cc1C(F)(F)F. The largest absolute Gasteiger partial charge is 0.493 e. The molecule has 0 unspecified atom stereocenters. The van der Waals surface area contributed by atoms with Crippen molar-refractivity contribution in [1.29, 1.82) is 0 Å². The van der Waals surface area contributed by atoms with Gasteiger partial charge in [-0.05, 0) is 47.6 Å². The van der Waals surface area contributed by atoms with Gasteiger partial charge in [-0.25, -0.2) is 8.78 Å². The van der Waals surface area contributed by atoms with E-state index < -0.39 is 23.4 Å². The zero-order valence-corrected chi connectivity index (χ0v) is 16.9. The highest BCUT2D eigenvalue weighted by atomic mass is 19.4. The van der Waals surface area contributed by atoms with Gasteiger partial charge in [-0.1, -0.05) is 26.8 Å². The van der Waals surface area contributed by atoms with Crippen LogP contribution in [0.15, 0.2) is 42.6 Å². The highest BCUT2D eigenvalue weighted by Gasteiger charge is 2.35. The molecule has 2 aromatic carbocycles. The number of fused-ring (bicyclic) bond motifs is 1. The van der Waals surface area contributed by atoms with Gasteiger partial charge in [0.25, 0.3) is 0 Å². The van der Waals surface area contributed by atoms with Gasteiger partial charge < -0.3 is 4.74 Å². The highest BCUT2D eigenvalue weighted by Crippen LogP contribution is 2.40. The molecule has 0 aliphatic heterocycles. The van der Waals surface area contributed by atoms with E-state index in [1.54, 1.807) is 0 Å². The summed E-state index contributed by atoms with van der Waals surface area (Å²) in [6.07, 6.45) is -2.51. The standard InChI is InChI=1S/C23H22F5NO/c1-13(2)8-14(3)12-30-21-5-4-15(9-18(21)23(26,27)28)17-6-7-29-20-11-16(24)10-19(25)22(17)20/h4-7,9-11,13-14H,8,12H2,1-3H3/t14-/m0/s1. The third-order valence-corrected chi connectivity index (χ3v) is 4.75. The van der Waals surface area contributed by atoms with Crippen molar-refractivity contribution in [3.05, 3.63) is 59.8 Å². The lowest BCUT2D eigenvalue weighted by Crippen LogP contribution is -2.14. The third-order valence-electron chi connectivity index (χ3n) is 4.75. The van der Waals surface area contributed by atoms with E-state index >= 15 is 0 Å². The van der Waals surface area contributed by atoms with Gasteiger partial charge in [0.05, 0.1) is 17.7 Å². The van der Waals surface area contributed by atoms with Crippen molar-refractivity contribution in [3.63, 3.8) is 0 Å². The van der Waals surface area contributed by atoms with E-state index in [0.717, 1.165) is 18.6 Å². The van der Waals surface area contributed by atoms with Crippen molar-refractivity contribution in [2.45, 2.75) is 33.4 Å². The van der Waals surface area contributed by atoms with Gasteiger partial charge in [-0.3, -0.25) is 4.98 Å². The molecule has 0 spiro atoms. The van der Waals surface area contributed by atoms with Crippen LogP contribution in [-0.4, -0.2) is 11.6 Å². The van der Waals surface area contributed by atoms with Gasteiger partial charge in [0, 0.05) is 23.7 Å². The molecule has 7 heteroatoms. The van der Waals surface area contributed by atoms with Crippen LogP contribution in [0, 0.1) is 23.5 Å². The molecule has 0 amide bonds. The zero-order chi connectivity index (χ0) is 22.1. The van der Waals surface area contributed by atoms with E-state index in [1.165, 1.54) is 24.4 Å². The lowest BCUT2D eigenvalue weighted by Gasteiger charge is -2.19. The summed E-state index contributed by atoms with van der Waals surface area (Å²) >= 11 is 0. The quantitative estimate of drug-likeness (QED) is 0.389. The van der Waals surface area contributed by atoms with Crippen LogP contribution < -0.4 is 4.74 Å². The Morgan fingerprint density at radius 3 is 2.40 bits per heavy atom. The smallest absolute Gasteiger partial charge is 0.419 e. The second-order valence-electron chi connectivity index (χ2n) is 7.89. The molecule has 0 saturated heterocycles. The number of hydrogen-bond acceptors (Lipinski definition) is 2. The average molecular weight is 423 g/mol. The molecule has 1 aromatic heterocycles. The Morgan fingerprint density at radius 2 is 1.73 bits per heavy atom. The predicted molar refractivity (Wildman–Crippen MR) is 106 cm³/mol. The van der Waals surface area contributed by atoms with E-state index in [-0.39, 0.29) is 40.3 Å². The Balaban J connectivity index is 2.03. The maximum atomic E-state index is 14.4. The fourth-order valence-corrected chi connectivity index (χ4v) is 3.59. The number of halogens is 5. The number of alkyl halides is 3. The fourth-order valence-electron chi connectivity index (χ4n) is 3.59. The molecule has 0 aliphatic rings. The number of benzene rings is 2. The number of nitrogens with zero attached hydrogens (tertiary/aromatic N) is 1. The van der Waals surface area contributed by atoms with E-state index in [2.05, 4.69) is 4.98 Å². The average Bonchev–Trinajstić information content (AvgIpc) is 2.64. The molecule has 0 aliphatic carbocycles. The summed E-state index contributed by atoms with van der Waals surface area (Å²) in [4.78, 5) is 3.92. The van der Waals surface area contributed by atoms with Crippen LogP contribution >= 0.6 is 0 Å². The van der Waals surface area contributed by atoms with Gasteiger partial charge in [0.2, 0.25) is 0 Å². The Labute approximate surface area is 171 Å². The van der Waals surface area contributed by atoms with Crippen LogP contribution in [0.3, 0.4) is 0 Å². The molecule has 2 nitrogen and oxygen atoms in total. The first-order valence-electron chi connectivity index (χ1n) is 9.64. The van der Waals surface area contributed by atoms with Crippen molar-refractivity contribution in [1.82, 2.24) is 4.98 Å². The molecule has 30 heavy (non-hydrogen) atoms. The lowest BCUT2D eigenvalue weighted by molar-refractivity contribution is -0.139. The lowest BCUT2D eigenvalue weighted by atomic mass is 9.98. The van der Waals surface area contributed by atoms with Gasteiger partial charge in [-0.15, -0.1) is 0 Å². The van der Waals surface area contributed by atoms with Gasteiger partial charge in [0.15, 0.2) is 0 Å². The van der Waals surface area contributed by atoms with Crippen LogP contribution in [0.4, 0.5) is 22.0 Å². The molecule has 0 N–H and O–H groups in total. The molecule has 0 fully saturated rings. The number of aromatic nitrogens is 1. The van der Waals surface area contributed by atoms with Crippen LogP contribution in [0.1, 0.15) is 32.8 Å². The predicted octanol–water partition coefficient (Wildman–Crippen LogP) is 7.26. The summed E-state index contributed by atoms with van der Waals surface area (Å²) in [7, 11) is 0. The molecule has 3 rings (SSSR count). The van der Waals surface area contributed by atoms with E-state index in [1.807, 2.05) is 20.8 Å². The molecule has 1 heterocycles. The minimum atomic E-state index is -4.65. The normalized spacial score (nSPS) is 13.1. The third kappa shape index (κ3) is 4.89. The van der Waals surface area contributed by atoms with Gasteiger partial charge >= 0.3 is 6.18 Å². The monoisotopic (exact) mass is 423 g/mol. The number of ether oxygens (including phenoxy) is 1. The van der Waals surface area contributed by atoms with Crippen LogP contribution in [0.2, 0.25) is 0 Å². The van der Waals surface area contributed by atoms with Crippen LogP contribution in [0.5, 0.6) is 5.75 Å². The Bertz CT molecular complexity index is 1050. The molecule has 3 aromatic rings. The Morgan fingerprint density at radius 1 is 1.00 bits per heavy atom. The summed E-state index contributed by atoms with van der Waals surface area (Å²) in [5.74, 6) is -1.46. The first-order chi connectivity index (χ1) is 14.1. The molecule has 1 atom stereocenters. The van der Waals surface area contributed by atoms with Crippen molar-refractivity contribution in [2.75, 3.05) is 6.61 Å². The van der Waals surface area contributed by atoms with E-state index in [4.69, 9.17) is 4.74 Å². The topological polar surface area (TPSA) is 22.1 Å². The fraction of sp³-hybridized carbons (Fsp3) is 0.348. The molecule has 0 bridgehead atoms. The molecular weight excluding hydrogens is 401 g/mol. The summed E-state index contributed by atoms with van der Waals surface area (Å²) in [6.45, 7) is 6.16. The summed E-state index contributed by atoms with van der Waals surface area (Å²) in [5.41, 5.74) is -0.573. The minimum Gasteiger partial charge on any atom is -0.493 e. The van der Waals surface area contributed by atoms with E-state index in [0.29, 0.717) is 12.0 Å². The number of hydrogen-bond donors (Lipinski definition) is 0. The zero-order valence-electron chi connectivity index (χ0n) is 16.9. The number of rotatable bonds is 6. The van der Waals surface area contributed by atoms with Crippen LogP contribution in [-0.2, 0) is 6.18 Å². The second kappa shape index (κ2) is 8.58.